The molecule has 0 amide bonds. The van der Waals surface area contributed by atoms with Crippen molar-refractivity contribution in [2.75, 3.05) is 12.1 Å². The van der Waals surface area contributed by atoms with Crippen LogP contribution in [0.1, 0.15) is 6.42 Å². The predicted octanol–water partition coefficient (Wildman–Crippen LogP) is 0.201. The molecule has 0 aromatic heterocycles. The summed E-state index contributed by atoms with van der Waals surface area (Å²) in [7, 11) is -4.26. The minimum atomic E-state index is -4.26. The van der Waals surface area contributed by atoms with Gasteiger partial charge in [0.25, 0.3) is 10.1 Å². The minimum Gasteiger partial charge on any atom is -0.370 e. The van der Waals surface area contributed by atoms with Gasteiger partial charge in [0.2, 0.25) is 0 Å². The lowest BCUT2D eigenvalue weighted by molar-refractivity contribution is -0.107. The van der Waals surface area contributed by atoms with E-state index >= 15 is 0 Å². The molecule has 1 N–H and O–H groups in total. The average molecular weight is 261 g/mol. The molecule has 0 saturated carbocycles. The molecule has 0 heterocycles. The van der Waals surface area contributed by atoms with Crippen LogP contribution in [0.25, 0.3) is 0 Å². The highest BCUT2D eigenvalue weighted by Gasteiger charge is 2.21. The van der Waals surface area contributed by atoms with E-state index in [4.69, 9.17) is 9.29 Å². The molecule has 0 spiro atoms. The number of hydrogen-bond acceptors (Lipinski definition) is 4. The lowest BCUT2D eigenvalue weighted by Gasteiger charge is -2.05. The van der Waals surface area contributed by atoms with Gasteiger partial charge in [-0.25, -0.2) is 0 Å². The molecule has 0 aromatic rings. The van der Waals surface area contributed by atoms with Crippen LogP contribution in [0.2, 0.25) is 0 Å². The molecule has 0 rings (SSSR count). The van der Waals surface area contributed by atoms with Crippen LogP contribution in [0, 0.1) is 0 Å². The Hall–Kier alpha value is 0.0200. The smallest absolute Gasteiger partial charge is 0.274 e. The Morgan fingerprint density at radius 1 is 1.58 bits per heavy atom. The third-order valence-corrected chi connectivity index (χ3v) is 2.59. The summed E-state index contributed by atoms with van der Waals surface area (Å²) >= 11 is 2.95. The SMILES string of the molecule is O=CC(CCOCBr)S(=O)(=O)O. The van der Waals surface area contributed by atoms with Crippen LogP contribution >= 0.6 is 15.9 Å². The monoisotopic (exact) mass is 260 g/mol. The maximum Gasteiger partial charge on any atom is 0.274 e. The van der Waals surface area contributed by atoms with Crippen molar-refractivity contribution >= 4 is 32.3 Å². The Balaban J connectivity index is 3.94. The molecule has 0 aliphatic carbocycles. The van der Waals surface area contributed by atoms with Crippen molar-refractivity contribution in [3.63, 3.8) is 0 Å². The van der Waals surface area contributed by atoms with Gasteiger partial charge in [-0.05, 0) is 6.42 Å². The van der Waals surface area contributed by atoms with Crippen molar-refractivity contribution in [1.29, 1.82) is 0 Å². The number of carbonyl (C=O) groups is 1. The number of carbonyl (C=O) groups excluding carboxylic acids is 1. The van der Waals surface area contributed by atoms with Gasteiger partial charge in [0.15, 0.2) is 0 Å². The molecule has 0 bridgehead atoms. The number of halogens is 1. The molecule has 0 radical (unpaired) electrons. The van der Waals surface area contributed by atoms with Crippen molar-refractivity contribution in [2.45, 2.75) is 11.7 Å². The average Bonchev–Trinajstić information content (AvgIpc) is 1.95. The Bertz CT molecular complexity index is 224. The lowest BCUT2D eigenvalue weighted by atomic mass is 10.3. The highest BCUT2D eigenvalue weighted by Crippen LogP contribution is 2.01. The van der Waals surface area contributed by atoms with E-state index in [1.54, 1.807) is 0 Å². The number of alkyl halides is 1. The van der Waals surface area contributed by atoms with Gasteiger partial charge < -0.3 is 9.53 Å². The Labute approximate surface area is 79.0 Å². The first kappa shape index (κ1) is 12.0. The normalized spacial score (nSPS) is 14.2. The summed E-state index contributed by atoms with van der Waals surface area (Å²) in [5.41, 5.74) is 0.268. The zero-order valence-electron chi connectivity index (χ0n) is 6.14. The molecule has 7 heteroatoms. The zero-order valence-corrected chi connectivity index (χ0v) is 8.54. The van der Waals surface area contributed by atoms with E-state index in [-0.39, 0.29) is 24.8 Å². The van der Waals surface area contributed by atoms with Gasteiger partial charge in [-0.3, -0.25) is 4.55 Å². The van der Waals surface area contributed by atoms with Crippen LogP contribution in [0.4, 0.5) is 0 Å². The zero-order chi connectivity index (χ0) is 9.61. The van der Waals surface area contributed by atoms with Gasteiger partial charge in [-0.2, -0.15) is 8.42 Å². The van der Waals surface area contributed by atoms with E-state index in [1.165, 1.54) is 0 Å². The lowest BCUT2D eigenvalue weighted by Crippen LogP contribution is -2.23. The molecular weight excluding hydrogens is 252 g/mol. The third kappa shape index (κ3) is 4.81. The summed E-state index contributed by atoms with van der Waals surface area (Å²) in [4.78, 5) is 10.1. The fourth-order valence-electron chi connectivity index (χ4n) is 0.541. The number of rotatable bonds is 6. The Kier molecular flexibility index (Phi) is 5.64. The minimum absolute atomic E-state index is 0.0338. The summed E-state index contributed by atoms with van der Waals surface area (Å²) in [6.07, 6.45) is 0.154. The van der Waals surface area contributed by atoms with E-state index in [9.17, 15) is 13.2 Å². The summed E-state index contributed by atoms with van der Waals surface area (Å²) in [5.74, 6) is 0. The second-order valence-corrected chi connectivity index (χ2v) is 4.09. The largest absolute Gasteiger partial charge is 0.370 e. The molecular formula is C5H9BrO5S. The fraction of sp³-hybridized carbons (Fsp3) is 0.800. The molecule has 0 aliphatic heterocycles. The highest BCUT2D eigenvalue weighted by atomic mass is 79.9. The third-order valence-electron chi connectivity index (χ3n) is 1.16. The van der Waals surface area contributed by atoms with Gasteiger partial charge in [0.05, 0.1) is 0 Å². The molecule has 1 unspecified atom stereocenters. The standard InChI is InChI=1S/C5H9BrO5S/c6-4-11-2-1-5(3-7)12(8,9)10/h3,5H,1-2,4H2,(H,8,9,10). The fourth-order valence-corrected chi connectivity index (χ4v) is 1.30. The predicted molar refractivity (Wildman–Crippen MR) is 45.8 cm³/mol. The Morgan fingerprint density at radius 3 is 2.50 bits per heavy atom. The van der Waals surface area contributed by atoms with Crippen molar-refractivity contribution in [1.82, 2.24) is 0 Å². The molecule has 5 nitrogen and oxygen atoms in total. The van der Waals surface area contributed by atoms with Crippen LogP contribution < -0.4 is 0 Å². The quantitative estimate of drug-likeness (QED) is 0.320. The number of aldehydes is 1. The van der Waals surface area contributed by atoms with Crippen molar-refractivity contribution in [3.8, 4) is 0 Å². The second-order valence-electron chi connectivity index (χ2n) is 2.00. The molecule has 1 atom stereocenters. The van der Waals surface area contributed by atoms with Crippen LogP contribution in [0.3, 0.4) is 0 Å². The van der Waals surface area contributed by atoms with E-state index < -0.39 is 15.4 Å². The van der Waals surface area contributed by atoms with Gasteiger partial charge in [-0.15, -0.1) is 0 Å². The molecule has 0 aromatic carbocycles. The first-order chi connectivity index (χ1) is 5.52. The van der Waals surface area contributed by atoms with Gasteiger partial charge in [-0.1, -0.05) is 15.9 Å². The number of ether oxygens (including phenoxy) is 1. The van der Waals surface area contributed by atoms with Crippen LogP contribution in [-0.2, 0) is 19.6 Å². The first-order valence-electron chi connectivity index (χ1n) is 3.07. The van der Waals surface area contributed by atoms with Gasteiger partial charge in [0.1, 0.15) is 17.1 Å². The Morgan fingerprint density at radius 2 is 2.17 bits per heavy atom. The van der Waals surface area contributed by atoms with Gasteiger partial charge in [0, 0.05) is 6.61 Å². The summed E-state index contributed by atoms with van der Waals surface area (Å²) in [5, 5.41) is -1.38. The number of hydrogen-bond donors (Lipinski definition) is 1. The molecule has 72 valence electrons. The van der Waals surface area contributed by atoms with E-state index in [0.717, 1.165) is 0 Å². The van der Waals surface area contributed by atoms with Crippen molar-refractivity contribution < 1.29 is 22.5 Å². The summed E-state index contributed by atoms with van der Waals surface area (Å²) < 4.78 is 34.0. The summed E-state index contributed by atoms with van der Waals surface area (Å²) in [6, 6.07) is 0. The topological polar surface area (TPSA) is 80.7 Å². The van der Waals surface area contributed by atoms with Crippen molar-refractivity contribution in [2.24, 2.45) is 0 Å². The van der Waals surface area contributed by atoms with Gasteiger partial charge >= 0.3 is 0 Å². The maximum absolute atomic E-state index is 10.4. The highest BCUT2D eigenvalue weighted by molar-refractivity contribution is 9.09. The molecule has 0 fully saturated rings. The summed E-state index contributed by atoms with van der Waals surface area (Å²) in [6.45, 7) is 0.106. The van der Waals surface area contributed by atoms with Crippen LogP contribution in [0.15, 0.2) is 0 Å². The molecule has 0 aliphatic rings. The molecule has 12 heavy (non-hydrogen) atoms. The van der Waals surface area contributed by atoms with Crippen molar-refractivity contribution in [3.05, 3.63) is 0 Å². The van der Waals surface area contributed by atoms with Crippen LogP contribution in [-0.4, -0.2) is 36.6 Å². The van der Waals surface area contributed by atoms with E-state index in [2.05, 4.69) is 15.9 Å². The maximum atomic E-state index is 10.4. The van der Waals surface area contributed by atoms with E-state index in [0.29, 0.717) is 0 Å². The molecule has 0 saturated heterocycles. The van der Waals surface area contributed by atoms with E-state index in [1.807, 2.05) is 0 Å². The first-order valence-corrected chi connectivity index (χ1v) is 5.70. The second kappa shape index (κ2) is 5.63. The van der Waals surface area contributed by atoms with Crippen LogP contribution in [0.5, 0.6) is 0 Å².